The molecule has 0 aliphatic carbocycles. The number of aromatic amines is 1. The number of nitrogens with one attached hydrogen (secondary N) is 1. The quantitative estimate of drug-likeness (QED) is 0.686. The number of benzene rings is 2. The lowest BCUT2D eigenvalue weighted by atomic mass is 10.0. The van der Waals surface area contributed by atoms with Crippen LogP contribution in [0.4, 0.5) is 0 Å². The Bertz CT molecular complexity index is 638. The van der Waals surface area contributed by atoms with Crippen molar-refractivity contribution in [1.82, 2.24) is 4.98 Å². The second-order valence-electron chi connectivity index (χ2n) is 4.09. The molecule has 84 valence electrons. The van der Waals surface area contributed by atoms with Crippen LogP contribution in [-0.2, 0) is 6.54 Å². The van der Waals surface area contributed by atoms with E-state index >= 15 is 0 Å². The maximum atomic E-state index is 5.82. The van der Waals surface area contributed by atoms with Gasteiger partial charge in [0.15, 0.2) is 0 Å². The number of para-hydroxylation sites is 1. The van der Waals surface area contributed by atoms with Gasteiger partial charge in [-0.1, -0.05) is 48.5 Å². The van der Waals surface area contributed by atoms with E-state index in [0.29, 0.717) is 6.54 Å². The Morgan fingerprint density at radius 3 is 2.35 bits per heavy atom. The van der Waals surface area contributed by atoms with Crippen LogP contribution in [0.25, 0.3) is 22.0 Å². The molecule has 0 spiro atoms. The highest BCUT2D eigenvalue weighted by Crippen LogP contribution is 2.31. The second-order valence-corrected chi connectivity index (χ2v) is 4.09. The van der Waals surface area contributed by atoms with Gasteiger partial charge in [-0.3, -0.25) is 0 Å². The summed E-state index contributed by atoms with van der Waals surface area (Å²) in [5, 5.41) is 1.24. The average Bonchev–Trinajstić information content (AvgIpc) is 2.78. The minimum Gasteiger partial charge on any atom is -0.357 e. The summed E-state index contributed by atoms with van der Waals surface area (Å²) in [6.07, 6.45) is 0. The summed E-state index contributed by atoms with van der Waals surface area (Å²) < 4.78 is 0. The van der Waals surface area contributed by atoms with Crippen LogP contribution >= 0.6 is 0 Å². The van der Waals surface area contributed by atoms with E-state index in [2.05, 4.69) is 47.4 Å². The summed E-state index contributed by atoms with van der Waals surface area (Å²) >= 11 is 0. The van der Waals surface area contributed by atoms with Gasteiger partial charge in [0.25, 0.3) is 0 Å². The van der Waals surface area contributed by atoms with E-state index in [0.717, 1.165) is 11.2 Å². The lowest BCUT2D eigenvalue weighted by Gasteiger charge is -2.02. The van der Waals surface area contributed by atoms with E-state index < -0.39 is 0 Å². The molecular formula is C15H14N2. The van der Waals surface area contributed by atoms with Crippen molar-refractivity contribution < 1.29 is 0 Å². The van der Waals surface area contributed by atoms with Crippen molar-refractivity contribution >= 4 is 10.9 Å². The number of rotatable bonds is 2. The minimum atomic E-state index is 0.527. The van der Waals surface area contributed by atoms with Crippen molar-refractivity contribution in [3.8, 4) is 11.1 Å². The van der Waals surface area contributed by atoms with Crippen molar-refractivity contribution in [2.24, 2.45) is 5.73 Å². The number of nitrogens with two attached hydrogens (primary N) is 1. The van der Waals surface area contributed by atoms with E-state index in [1.54, 1.807) is 0 Å². The normalized spacial score (nSPS) is 10.9. The van der Waals surface area contributed by atoms with Crippen molar-refractivity contribution in [3.63, 3.8) is 0 Å². The first-order valence-corrected chi connectivity index (χ1v) is 5.75. The standard InChI is InChI=1S/C15H14N2/c16-10-14-15(11-6-2-1-3-7-11)12-8-4-5-9-13(12)17-14/h1-9,17H,10,16H2. The Balaban J connectivity index is 2.34. The molecule has 0 unspecified atom stereocenters. The predicted octanol–water partition coefficient (Wildman–Crippen LogP) is 3.29. The molecule has 0 fully saturated rings. The van der Waals surface area contributed by atoms with Gasteiger partial charge in [0.2, 0.25) is 0 Å². The summed E-state index contributed by atoms with van der Waals surface area (Å²) in [5.41, 5.74) is 10.5. The molecule has 0 aliphatic rings. The van der Waals surface area contributed by atoms with E-state index in [1.165, 1.54) is 16.5 Å². The molecule has 2 aromatic carbocycles. The van der Waals surface area contributed by atoms with Crippen LogP contribution in [0.15, 0.2) is 54.6 Å². The second kappa shape index (κ2) is 4.07. The van der Waals surface area contributed by atoms with Gasteiger partial charge in [0.1, 0.15) is 0 Å². The fourth-order valence-corrected chi connectivity index (χ4v) is 2.29. The van der Waals surface area contributed by atoms with Crippen LogP contribution in [0.5, 0.6) is 0 Å². The van der Waals surface area contributed by atoms with Gasteiger partial charge in [-0.15, -0.1) is 0 Å². The highest BCUT2D eigenvalue weighted by atomic mass is 14.8. The lowest BCUT2D eigenvalue weighted by molar-refractivity contribution is 1.02. The van der Waals surface area contributed by atoms with Crippen LogP contribution in [0.2, 0.25) is 0 Å². The summed E-state index contributed by atoms with van der Waals surface area (Å²) in [5.74, 6) is 0. The van der Waals surface area contributed by atoms with Crippen LogP contribution in [-0.4, -0.2) is 4.98 Å². The molecule has 0 bridgehead atoms. The third-order valence-electron chi connectivity index (χ3n) is 3.05. The lowest BCUT2D eigenvalue weighted by Crippen LogP contribution is -1.98. The van der Waals surface area contributed by atoms with E-state index in [9.17, 15) is 0 Å². The maximum Gasteiger partial charge on any atom is 0.0462 e. The highest BCUT2D eigenvalue weighted by molar-refractivity contribution is 5.97. The van der Waals surface area contributed by atoms with Gasteiger partial charge in [-0.2, -0.15) is 0 Å². The first-order valence-electron chi connectivity index (χ1n) is 5.75. The summed E-state index contributed by atoms with van der Waals surface area (Å²) in [6.45, 7) is 0.527. The first kappa shape index (κ1) is 10.1. The SMILES string of the molecule is NCc1[nH]c2ccccc2c1-c1ccccc1. The monoisotopic (exact) mass is 222 g/mol. The molecule has 0 saturated heterocycles. The van der Waals surface area contributed by atoms with E-state index in [1.807, 2.05) is 12.1 Å². The summed E-state index contributed by atoms with van der Waals surface area (Å²) in [4.78, 5) is 3.39. The highest BCUT2D eigenvalue weighted by Gasteiger charge is 2.10. The van der Waals surface area contributed by atoms with Gasteiger partial charge in [0.05, 0.1) is 0 Å². The molecule has 17 heavy (non-hydrogen) atoms. The van der Waals surface area contributed by atoms with Crippen molar-refractivity contribution in [3.05, 3.63) is 60.3 Å². The van der Waals surface area contributed by atoms with Crippen LogP contribution < -0.4 is 5.73 Å². The molecule has 2 heteroatoms. The Kier molecular flexibility index (Phi) is 2.42. The topological polar surface area (TPSA) is 41.8 Å². The molecule has 0 saturated carbocycles. The third kappa shape index (κ3) is 1.63. The molecule has 3 N–H and O–H groups in total. The molecule has 1 heterocycles. The van der Waals surface area contributed by atoms with Crippen LogP contribution in [0.3, 0.4) is 0 Å². The van der Waals surface area contributed by atoms with Gasteiger partial charge in [0, 0.05) is 28.7 Å². The molecule has 2 nitrogen and oxygen atoms in total. The van der Waals surface area contributed by atoms with Gasteiger partial charge in [-0.25, -0.2) is 0 Å². The Labute approximate surface area is 100 Å². The van der Waals surface area contributed by atoms with Crippen molar-refractivity contribution in [2.45, 2.75) is 6.54 Å². The molecule has 0 aliphatic heterocycles. The van der Waals surface area contributed by atoms with E-state index in [-0.39, 0.29) is 0 Å². The largest absolute Gasteiger partial charge is 0.357 e. The zero-order chi connectivity index (χ0) is 11.7. The number of fused-ring (bicyclic) bond motifs is 1. The molecular weight excluding hydrogens is 208 g/mol. The van der Waals surface area contributed by atoms with E-state index in [4.69, 9.17) is 5.73 Å². The van der Waals surface area contributed by atoms with Gasteiger partial charge in [-0.05, 0) is 11.6 Å². The smallest absolute Gasteiger partial charge is 0.0462 e. The predicted molar refractivity (Wildman–Crippen MR) is 71.6 cm³/mol. The Hall–Kier alpha value is -2.06. The average molecular weight is 222 g/mol. The van der Waals surface area contributed by atoms with Crippen molar-refractivity contribution in [1.29, 1.82) is 0 Å². The summed E-state index contributed by atoms with van der Waals surface area (Å²) in [6, 6.07) is 18.7. The Morgan fingerprint density at radius 2 is 1.59 bits per heavy atom. The zero-order valence-corrected chi connectivity index (χ0v) is 9.48. The zero-order valence-electron chi connectivity index (χ0n) is 9.48. The number of hydrogen-bond donors (Lipinski definition) is 2. The molecule has 3 rings (SSSR count). The fourth-order valence-electron chi connectivity index (χ4n) is 2.29. The molecule has 1 aromatic heterocycles. The number of aromatic nitrogens is 1. The molecule has 0 atom stereocenters. The van der Waals surface area contributed by atoms with Crippen LogP contribution in [0, 0.1) is 0 Å². The number of H-pyrrole nitrogens is 1. The first-order chi connectivity index (χ1) is 8.40. The number of hydrogen-bond acceptors (Lipinski definition) is 1. The van der Waals surface area contributed by atoms with Gasteiger partial charge < -0.3 is 10.7 Å². The van der Waals surface area contributed by atoms with Crippen molar-refractivity contribution in [2.75, 3.05) is 0 Å². The summed E-state index contributed by atoms with van der Waals surface area (Å²) in [7, 11) is 0. The fraction of sp³-hybridized carbons (Fsp3) is 0.0667. The molecule has 0 radical (unpaired) electrons. The maximum absolute atomic E-state index is 5.82. The molecule has 0 amide bonds. The third-order valence-corrected chi connectivity index (χ3v) is 3.05. The van der Waals surface area contributed by atoms with Gasteiger partial charge >= 0.3 is 0 Å². The molecule has 3 aromatic rings. The van der Waals surface area contributed by atoms with Crippen LogP contribution in [0.1, 0.15) is 5.69 Å². The minimum absolute atomic E-state index is 0.527. The Morgan fingerprint density at radius 1 is 0.882 bits per heavy atom.